The summed E-state index contributed by atoms with van der Waals surface area (Å²) in [5, 5.41) is 3.54. The molecule has 0 aromatic carbocycles. The van der Waals surface area contributed by atoms with Crippen LogP contribution in [0.5, 0.6) is 0 Å². The smallest absolute Gasteiger partial charge is 0.326 e. The standard InChI is InChI=1S/C14H26N2O2/c1-10(2)16(3)12-7-8-14(9-12,13(17)18-4)15-11-5-6-11/h10-12,15H,5-9H2,1-4H3. The van der Waals surface area contributed by atoms with Gasteiger partial charge in [-0.15, -0.1) is 0 Å². The van der Waals surface area contributed by atoms with Crippen LogP contribution < -0.4 is 5.32 Å². The maximum atomic E-state index is 12.1. The summed E-state index contributed by atoms with van der Waals surface area (Å²) in [6, 6.07) is 1.53. The molecule has 2 aliphatic rings. The lowest BCUT2D eigenvalue weighted by atomic mass is 9.96. The predicted molar refractivity (Wildman–Crippen MR) is 71.4 cm³/mol. The fourth-order valence-corrected chi connectivity index (χ4v) is 2.98. The first-order chi connectivity index (χ1) is 8.48. The highest BCUT2D eigenvalue weighted by molar-refractivity contribution is 5.81. The van der Waals surface area contributed by atoms with Gasteiger partial charge in [0.05, 0.1) is 7.11 Å². The van der Waals surface area contributed by atoms with Crippen molar-refractivity contribution < 1.29 is 9.53 Å². The Balaban J connectivity index is 2.05. The normalized spacial score (nSPS) is 32.2. The van der Waals surface area contributed by atoms with Crippen LogP contribution in [-0.2, 0) is 9.53 Å². The van der Waals surface area contributed by atoms with Crippen LogP contribution in [0.15, 0.2) is 0 Å². The summed E-state index contributed by atoms with van der Waals surface area (Å²) in [5.74, 6) is -0.0749. The van der Waals surface area contributed by atoms with E-state index in [1.54, 1.807) is 0 Å². The zero-order chi connectivity index (χ0) is 13.3. The van der Waals surface area contributed by atoms with Crippen LogP contribution in [0.25, 0.3) is 0 Å². The van der Waals surface area contributed by atoms with E-state index in [9.17, 15) is 4.79 Å². The molecule has 0 radical (unpaired) electrons. The van der Waals surface area contributed by atoms with Crippen molar-refractivity contribution in [3.8, 4) is 0 Å². The van der Waals surface area contributed by atoms with E-state index < -0.39 is 5.54 Å². The van der Waals surface area contributed by atoms with Crippen LogP contribution in [-0.4, -0.2) is 48.7 Å². The second-order valence-electron chi connectivity index (χ2n) is 6.15. The van der Waals surface area contributed by atoms with Gasteiger partial charge in [-0.05, 0) is 53.0 Å². The highest BCUT2D eigenvalue weighted by Crippen LogP contribution is 2.37. The lowest BCUT2D eigenvalue weighted by molar-refractivity contribution is -0.148. The van der Waals surface area contributed by atoms with Crippen LogP contribution in [0.2, 0.25) is 0 Å². The van der Waals surface area contributed by atoms with Gasteiger partial charge in [0.1, 0.15) is 5.54 Å². The third-order valence-corrected chi connectivity index (χ3v) is 4.51. The number of hydrogen-bond acceptors (Lipinski definition) is 4. The Morgan fingerprint density at radius 1 is 1.39 bits per heavy atom. The monoisotopic (exact) mass is 254 g/mol. The maximum absolute atomic E-state index is 12.1. The lowest BCUT2D eigenvalue weighted by Crippen LogP contribution is -2.53. The number of nitrogens with one attached hydrogen (secondary N) is 1. The molecule has 0 aromatic heterocycles. The largest absolute Gasteiger partial charge is 0.468 e. The van der Waals surface area contributed by atoms with Crippen molar-refractivity contribution in [2.24, 2.45) is 0 Å². The second kappa shape index (κ2) is 5.17. The second-order valence-corrected chi connectivity index (χ2v) is 6.15. The average molecular weight is 254 g/mol. The van der Waals surface area contributed by atoms with Crippen LogP contribution >= 0.6 is 0 Å². The molecule has 1 N–H and O–H groups in total. The van der Waals surface area contributed by atoms with E-state index in [0.717, 1.165) is 19.3 Å². The minimum atomic E-state index is -0.427. The number of nitrogens with zero attached hydrogens (tertiary/aromatic N) is 1. The minimum Gasteiger partial charge on any atom is -0.468 e. The Morgan fingerprint density at radius 3 is 2.56 bits per heavy atom. The highest BCUT2D eigenvalue weighted by Gasteiger charge is 2.49. The number of esters is 1. The van der Waals surface area contributed by atoms with Gasteiger partial charge in [0.25, 0.3) is 0 Å². The van der Waals surface area contributed by atoms with E-state index in [-0.39, 0.29) is 5.97 Å². The molecule has 4 heteroatoms. The number of hydrogen-bond donors (Lipinski definition) is 1. The molecule has 2 atom stereocenters. The molecule has 2 fully saturated rings. The molecule has 0 aromatic rings. The number of carbonyl (C=O) groups is 1. The molecule has 2 rings (SSSR count). The molecule has 0 aliphatic heterocycles. The topological polar surface area (TPSA) is 41.6 Å². The van der Waals surface area contributed by atoms with Crippen molar-refractivity contribution in [1.82, 2.24) is 10.2 Å². The molecule has 18 heavy (non-hydrogen) atoms. The molecule has 2 aliphatic carbocycles. The molecule has 0 saturated heterocycles. The summed E-state index contributed by atoms with van der Waals surface area (Å²) >= 11 is 0. The Bertz CT molecular complexity index is 315. The summed E-state index contributed by atoms with van der Waals surface area (Å²) in [7, 11) is 3.65. The minimum absolute atomic E-state index is 0.0749. The SMILES string of the molecule is COC(=O)C1(NC2CC2)CCC(N(C)C(C)C)C1. The van der Waals surface area contributed by atoms with Crippen LogP contribution in [0.1, 0.15) is 46.0 Å². The third-order valence-electron chi connectivity index (χ3n) is 4.51. The summed E-state index contributed by atoms with van der Waals surface area (Å²) in [4.78, 5) is 14.5. The van der Waals surface area contributed by atoms with E-state index >= 15 is 0 Å². The lowest BCUT2D eigenvalue weighted by Gasteiger charge is -2.31. The molecule has 0 bridgehead atoms. The Kier molecular flexibility index (Phi) is 3.97. The average Bonchev–Trinajstić information content (AvgIpc) is 3.04. The third kappa shape index (κ3) is 2.69. The number of ether oxygens (including phenoxy) is 1. The predicted octanol–water partition coefficient (Wildman–Crippen LogP) is 1.54. The molecular formula is C14H26N2O2. The van der Waals surface area contributed by atoms with Gasteiger partial charge in [-0.1, -0.05) is 0 Å². The van der Waals surface area contributed by atoms with E-state index in [4.69, 9.17) is 4.74 Å². The molecule has 0 amide bonds. The molecule has 2 saturated carbocycles. The van der Waals surface area contributed by atoms with Gasteiger partial charge in [0.2, 0.25) is 0 Å². The van der Waals surface area contributed by atoms with Gasteiger partial charge in [-0.2, -0.15) is 0 Å². The Hall–Kier alpha value is -0.610. The summed E-state index contributed by atoms with van der Waals surface area (Å²) in [5.41, 5.74) is -0.427. The van der Waals surface area contributed by atoms with Crippen molar-refractivity contribution in [3.05, 3.63) is 0 Å². The Labute approximate surface area is 110 Å². The first-order valence-corrected chi connectivity index (χ1v) is 7.06. The zero-order valence-electron chi connectivity index (χ0n) is 12.0. The van der Waals surface area contributed by atoms with Gasteiger partial charge in [-0.3, -0.25) is 10.1 Å². The molecule has 2 unspecified atom stereocenters. The number of methoxy groups -OCH3 is 1. The van der Waals surface area contributed by atoms with Crippen LogP contribution in [0.3, 0.4) is 0 Å². The van der Waals surface area contributed by atoms with Crippen molar-refractivity contribution in [2.45, 2.75) is 69.6 Å². The van der Waals surface area contributed by atoms with Crippen LogP contribution in [0, 0.1) is 0 Å². The summed E-state index contributed by atoms with van der Waals surface area (Å²) < 4.78 is 5.03. The molecule has 104 valence electrons. The van der Waals surface area contributed by atoms with Gasteiger partial charge in [0, 0.05) is 18.1 Å². The first-order valence-electron chi connectivity index (χ1n) is 7.06. The van der Waals surface area contributed by atoms with E-state index in [1.807, 2.05) is 0 Å². The zero-order valence-corrected chi connectivity index (χ0v) is 12.0. The van der Waals surface area contributed by atoms with Gasteiger partial charge < -0.3 is 9.64 Å². The fourth-order valence-electron chi connectivity index (χ4n) is 2.98. The molecule has 0 heterocycles. The summed E-state index contributed by atoms with van der Waals surface area (Å²) in [6.07, 6.45) is 5.25. The van der Waals surface area contributed by atoms with Crippen LogP contribution in [0.4, 0.5) is 0 Å². The van der Waals surface area contributed by atoms with Gasteiger partial charge in [0.15, 0.2) is 0 Å². The first kappa shape index (κ1) is 13.8. The molecular weight excluding hydrogens is 228 g/mol. The number of carbonyl (C=O) groups excluding carboxylic acids is 1. The maximum Gasteiger partial charge on any atom is 0.326 e. The molecule has 4 nitrogen and oxygen atoms in total. The molecule has 0 spiro atoms. The fraction of sp³-hybridized carbons (Fsp3) is 0.929. The quantitative estimate of drug-likeness (QED) is 0.756. The van der Waals surface area contributed by atoms with Crippen molar-refractivity contribution >= 4 is 5.97 Å². The number of rotatable bonds is 5. The van der Waals surface area contributed by atoms with Crippen molar-refractivity contribution in [2.75, 3.05) is 14.2 Å². The summed E-state index contributed by atoms with van der Waals surface area (Å²) in [6.45, 7) is 4.40. The van der Waals surface area contributed by atoms with Gasteiger partial charge in [-0.25, -0.2) is 0 Å². The highest BCUT2D eigenvalue weighted by atomic mass is 16.5. The van der Waals surface area contributed by atoms with E-state index in [0.29, 0.717) is 18.1 Å². The van der Waals surface area contributed by atoms with E-state index in [1.165, 1.54) is 20.0 Å². The van der Waals surface area contributed by atoms with Crippen molar-refractivity contribution in [3.63, 3.8) is 0 Å². The van der Waals surface area contributed by atoms with Crippen molar-refractivity contribution in [1.29, 1.82) is 0 Å². The van der Waals surface area contributed by atoms with E-state index in [2.05, 4.69) is 31.1 Å². The van der Waals surface area contributed by atoms with Gasteiger partial charge >= 0.3 is 5.97 Å². The Morgan fingerprint density at radius 2 is 2.06 bits per heavy atom.